The van der Waals surface area contributed by atoms with Crippen LogP contribution in [0.2, 0.25) is 0 Å². The molecule has 13 heavy (non-hydrogen) atoms. The Kier molecular flexibility index (Phi) is 5.19. The average Bonchev–Trinajstić information content (AvgIpc) is 2.03. The van der Waals surface area contributed by atoms with E-state index in [1.807, 2.05) is 19.9 Å². The second-order valence-electron chi connectivity index (χ2n) is 3.68. The van der Waals surface area contributed by atoms with Crippen LogP contribution in [0.4, 0.5) is 4.79 Å². The fourth-order valence-electron chi connectivity index (χ4n) is 1.08. The number of alkyl carbamates (subject to hydrolysis) is 1. The highest BCUT2D eigenvalue weighted by atomic mass is 16.5. The smallest absolute Gasteiger partial charge is 0.407 e. The van der Waals surface area contributed by atoms with Crippen molar-refractivity contribution in [1.29, 1.82) is 0 Å². The molecular formula is C10H19NO2. The Labute approximate surface area is 80.2 Å². The van der Waals surface area contributed by atoms with Gasteiger partial charge in [0.2, 0.25) is 0 Å². The molecule has 0 aromatic rings. The van der Waals surface area contributed by atoms with Gasteiger partial charge in [-0.15, -0.1) is 6.58 Å². The number of rotatable bonds is 5. The molecule has 3 heteroatoms. The molecule has 1 amide bonds. The van der Waals surface area contributed by atoms with Gasteiger partial charge in [-0.2, -0.15) is 0 Å². The van der Waals surface area contributed by atoms with Gasteiger partial charge in [0.05, 0.1) is 7.11 Å². The zero-order valence-corrected chi connectivity index (χ0v) is 8.72. The Balaban J connectivity index is 3.78. The van der Waals surface area contributed by atoms with Crippen molar-refractivity contribution in [2.75, 3.05) is 7.11 Å². The summed E-state index contributed by atoms with van der Waals surface area (Å²) in [5.41, 5.74) is -0.198. The minimum absolute atomic E-state index is 0.198. The van der Waals surface area contributed by atoms with E-state index in [0.717, 1.165) is 19.3 Å². The van der Waals surface area contributed by atoms with E-state index in [0.29, 0.717) is 0 Å². The summed E-state index contributed by atoms with van der Waals surface area (Å²) in [5.74, 6) is 0. The molecule has 0 aliphatic heterocycles. The molecule has 0 fully saturated rings. The highest BCUT2D eigenvalue weighted by Gasteiger charge is 2.19. The predicted octanol–water partition coefficient (Wildman–Crippen LogP) is 2.48. The first-order valence-electron chi connectivity index (χ1n) is 4.49. The molecule has 0 aromatic carbocycles. The number of hydrogen-bond donors (Lipinski definition) is 1. The number of amides is 1. The second kappa shape index (κ2) is 5.62. The van der Waals surface area contributed by atoms with Gasteiger partial charge in [-0.25, -0.2) is 4.79 Å². The van der Waals surface area contributed by atoms with Crippen LogP contribution in [0.25, 0.3) is 0 Å². The highest BCUT2D eigenvalue weighted by Crippen LogP contribution is 2.12. The quantitative estimate of drug-likeness (QED) is 0.528. The fourth-order valence-corrected chi connectivity index (χ4v) is 1.08. The lowest BCUT2D eigenvalue weighted by molar-refractivity contribution is 0.158. The Bertz CT molecular complexity index is 176. The summed E-state index contributed by atoms with van der Waals surface area (Å²) in [5, 5.41) is 2.77. The molecule has 0 saturated carbocycles. The van der Waals surface area contributed by atoms with E-state index < -0.39 is 0 Å². The van der Waals surface area contributed by atoms with Crippen LogP contribution in [0, 0.1) is 0 Å². The number of carbonyl (C=O) groups is 1. The molecule has 0 aliphatic carbocycles. The van der Waals surface area contributed by atoms with Crippen LogP contribution in [0.3, 0.4) is 0 Å². The van der Waals surface area contributed by atoms with Crippen molar-refractivity contribution < 1.29 is 9.53 Å². The maximum atomic E-state index is 10.9. The largest absolute Gasteiger partial charge is 0.453 e. The van der Waals surface area contributed by atoms with Crippen LogP contribution in [0.1, 0.15) is 33.1 Å². The normalized spacial score (nSPS) is 10.7. The molecular weight excluding hydrogens is 166 g/mol. The maximum absolute atomic E-state index is 10.9. The topological polar surface area (TPSA) is 38.3 Å². The molecule has 76 valence electrons. The van der Waals surface area contributed by atoms with Crippen molar-refractivity contribution in [3.05, 3.63) is 12.7 Å². The second-order valence-corrected chi connectivity index (χ2v) is 3.68. The van der Waals surface area contributed by atoms with Gasteiger partial charge in [-0.3, -0.25) is 0 Å². The SMILES string of the molecule is C=CCCCC(C)(C)NC(=O)OC. The van der Waals surface area contributed by atoms with Crippen LogP contribution in [0.5, 0.6) is 0 Å². The first kappa shape index (κ1) is 12.0. The van der Waals surface area contributed by atoms with Crippen molar-refractivity contribution in [2.45, 2.75) is 38.6 Å². The van der Waals surface area contributed by atoms with Gasteiger partial charge >= 0.3 is 6.09 Å². The van der Waals surface area contributed by atoms with E-state index in [9.17, 15) is 4.79 Å². The Morgan fingerprint density at radius 3 is 2.69 bits per heavy atom. The van der Waals surface area contributed by atoms with Gasteiger partial charge in [0.15, 0.2) is 0 Å². The number of hydrogen-bond acceptors (Lipinski definition) is 2. The minimum Gasteiger partial charge on any atom is -0.453 e. The van der Waals surface area contributed by atoms with E-state index in [1.165, 1.54) is 7.11 Å². The van der Waals surface area contributed by atoms with Gasteiger partial charge in [0.1, 0.15) is 0 Å². The van der Waals surface area contributed by atoms with E-state index in [4.69, 9.17) is 0 Å². The third kappa shape index (κ3) is 6.20. The van der Waals surface area contributed by atoms with Crippen LogP contribution in [0.15, 0.2) is 12.7 Å². The summed E-state index contributed by atoms with van der Waals surface area (Å²) in [6.45, 7) is 7.60. The number of methoxy groups -OCH3 is 1. The van der Waals surface area contributed by atoms with E-state index in [2.05, 4.69) is 16.6 Å². The monoisotopic (exact) mass is 185 g/mol. The van der Waals surface area contributed by atoms with Gasteiger partial charge in [-0.05, 0) is 33.1 Å². The lowest BCUT2D eigenvalue weighted by Crippen LogP contribution is -2.43. The summed E-state index contributed by atoms with van der Waals surface area (Å²) in [6.07, 6.45) is 4.44. The average molecular weight is 185 g/mol. The zero-order chi connectivity index (χ0) is 10.3. The molecule has 0 radical (unpaired) electrons. The van der Waals surface area contributed by atoms with Crippen molar-refractivity contribution in [3.63, 3.8) is 0 Å². The molecule has 1 N–H and O–H groups in total. The van der Waals surface area contributed by atoms with Crippen molar-refractivity contribution in [1.82, 2.24) is 5.32 Å². The van der Waals surface area contributed by atoms with Crippen LogP contribution < -0.4 is 5.32 Å². The molecule has 0 aromatic heterocycles. The Hall–Kier alpha value is -0.990. The lowest BCUT2D eigenvalue weighted by atomic mass is 9.97. The number of nitrogens with one attached hydrogen (secondary N) is 1. The predicted molar refractivity (Wildman–Crippen MR) is 53.7 cm³/mol. The minimum atomic E-state index is -0.372. The summed E-state index contributed by atoms with van der Waals surface area (Å²) in [7, 11) is 1.37. The summed E-state index contributed by atoms with van der Waals surface area (Å²) in [6, 6.07) is 0. The van der Waals surface area contributed by atoms with Crippen molar-refractivity contribution in [2.24, 2.45) is 0 Å². The zero-order valence-electron chi connectivity index (χ0n) is 8.72. The van der Waals surface area contributed by atoms with E-state index >= 15 is 0 Å². The van der Waals surface area contributed by atoms with Crippen molar-refractivity contribution >= 4 is 6.09 Å². The molecule has 0 aliphatic rings. The third-order valence-electron chi connectivity index (χ3n) is 1.84. The Morgan fingerprint density at radius 1 is 1.62 bits per heavy atom. The maximum Gasteiger partial charge on any atom is 0.407 e. The van der Waals surface area contributed by atoms with Gasteiger partial charge in [0, 0.05) is 5.54 Å². The number of allylic oxidation sites excluding steroid dienone is 1. The molecule has 0 spiro atoms. The van der Waals surface area contributed by atoms with Gasteiger partial charge < -0.3 is 10.1 Å². The van der Waals surface area contributed by atoms with E-state index in [-0.39, 0.29) is 11.6 Å². The molecule has 0 heterocycles. The number of ether oxygens (including phenoxy) is 1. The van der Waals surface area contributed by atoms with Gasteiger partial charge in [0.25, 0.3) is 0 Å². The molecule has 3 nitrogen and oxygen atoms in total. The molecule has 0 rings (SSSR count). The van der Waals surface area contributed by atoms with Crippen LogP contribution in [-0.4, -0.2) is 18.7 Å². The summed E-state index contributed by atoms with van der Waals surface area (Å²) >= 11 is 0. The number of carbonyl (C=O) groups excluding carboxylic acids is 1. The van der Waals surface area contributed by atoms with Gasteiger partial charge in [-0.1, -0.05) is 6.08 Å². The van der Waals surface area contributed by atoms with Crippen LogP contribution >= 0.6 is 0 Å². The number of unbranched alkanes of at least 4 members (excludes halogenated alkanes) is 1. The molecule has 0 unspecified atom stereocenters. The van der Waals surface area contributed by atoms with Crippen LogP contribution in [-0.2, 0) is 4.74 Å². The molecule has 0 saturated heterocycles. The summed E-state index contributed by atoms with van der Waals surface area (Å²) < 4.78 is 4.52. The third-order valence-corrected chi connectivity index (χ3v) is 1.84. The fraction of sp³-hybridized carbons (Fsp3) is 0.700. The highest BCUT2D eigenvalue weighted by molar-refractivity contribution is 5.67. The van der Waals surface area contributed by atoms with Crippen molar-refractivity contribution in [3.8, 4) is 0 Å². The first-order valence-corrected chi connectivity index (χ1v) is 4.49. The lowest BCUT2D eigenvalue weighted by Gasteiger charge is -2.25. The standard InChI is InChI=1S/C10H19NO2/c1-5-6-7-8-10(2,3)11-9(12)13-4/h5H,1,6-8H2,2-4H3,(H,11,12). The summed E-state index contributed by atoms with van der Waals surface area (Å²) in [4.78, 5) is 10.9. The molecule has 0 atom stereocenters. The van der Waals surface area contributed by atoms with E-state index in [1.54, 1.807) is 0 Å². The Morgan fingerprint density at radius 2 is 2.23 bits per heavy atom. The molecule has 0 bridgehead atoms. The first-order chi connectivity index (χ1) is 6.02.